The van der Waals surface area contributed by atoms with Crippen LogP contribution in [0.1, 0.15) is 19.3 Å². The van der Waals surface area contributed by atoms with Gasteiger partial charge in [0, 0.05) is 31.4 Å². The average Bonchev–Trinajstić information content (AvgIpc) is 2.70. The first-order valence-electron chi connectivity index (χ1n) is 6.68. The normalized spacial score (nSPS) is 25.0. The summed E-state index contributed by atoms with van der Waals surface area (Å²) in [4.78, 5) is 5.09. The fourth-order valence-corrected chi connectivity index (χ4v) is 3.42. The largest absolute Gasteiger partial charge is 0.370 e. The summed E-state index contributed by atoms with van der Waals surface area (Å²) < 4.78 is 0. The molecule has 2 saturated heterocycles. The lowest BCUT2D eigenvalue weighted by Gasteiger charge is -2.27. The van der Waals surface area contributed by atoms with Crippen molar-refractivity contribution in [3.05, 3.63) is 28.2 Å². The molecule has 2 aliphatic rings. The summed E-state index contributed by atoms with van der Waals surface area (Å²) in [7, 11) is 0. The summed E-state index contributed by atoms with van der Waals surface area (Å²) in [5.41, 5.74) is 1.21. The molecule has 98 valence electrons. The lowest BCUT2D eigenvalue weighted by molar-refractivity contribution is 0.273. The molecule has 0 aliphatic carbocycles. The van der Waals surface area contributed by atoms with Crippen LogP contribution in [0, 0.1) is 0 Å². The van der Waals surface area contributed by atoms with E-state index in [2.05, 4.69) is 15.9 Å². The summed E-state index contributed by atoms with van der Waals surface area (Å²) in [5, 5.41) is 1.29. The van der Waals surface area contributed by atoms with Gasteiger partial charge in [0.1, 0.15) is 0 Å². The zero-order valence-corrected chi connectivity index (χ0v) is 11.9. The van der Waals surface area contributed by atoms with Crippen molar-refractivity contribution in [3.8, 4) is 0 Å². The van der Waals surface area contributed by atoms with Crippen LogP contribution >= 0.6 is 23.2 Å². The highest BCUT2D eigenvalue weighted by molar-refractivity contribution is 6.42. The molecule has 3 rings (SSSR count). The third-order valence-corrected chi connectivity index (χ3v) is 4.81. The fourth-order valence-electron chi connectivity index (χ4n) is 3.12. The molecule has 2 fully saturated rings. The first-order valence-corrected chi connectivity index (χ1v) is 7.44. The summed E-state index contributed by atoms with van der Waals surface area (Å²) in [5.74, 6) is 0. The molecule has 1 atom stereocenters. The van der Waals surface area contributed by atoms with E-state index in [0.717, 1.165) is 19.1 Å². The molecule has 2 aliphatic heterocycles. The monoisotopic (exact) mass is 284 g/mol. The predicted octanol–water partition coefficient (Wildman–Crippen LogP) is 3.67. The second-order valence-corrected chi connectivity index (χ2v) is 6.04. The van der Waals surface area contributed by atoms with Gasteiger partial charge < -0.3 is 4.90 Å². The maximum absolute atomic E-state index is 6.12. The molecule has 0 saturated carbocycles. The topological polar surface area (TPSA) is 6.48 Å². The number of anilines is 1. The summed E-state index contributed by atoms with van der Waals surface area (Å²) in [6.07, 6.45) is 3.91. The molecule has 0 N–H and O–H groups in total. The van der Waals surface area contributed by atoms with E-state index >= 15 is 0 Å². The Kier molecular flexibility index (Phi) is 3.69. The maximum atomic E-state index is 6.12. The lowest BCUT2D eigenvalue weighted by Crippen LogP contribution is -2.36. The Bertz CT molecular complexity index is 436. The van der Waals surface area contributed by atoms with Crippen molar-refractivity contribution in [2.75, 3.05) is 31.1 Å². The van der Waals surface area contributed by atoms with E-state index in [-0.39, 0.29) is 0 Å². The molecular weight excluding hydrogens is 267 g/mol. The molecule has 2 heterocycles. The molecule has 1 unspecified atom stereocenters. The standard InChI is InChI=1S/C14H18Cl2N2/c15-13-5-4-11(9-14(13)16)18-8-2-7-17-6-1-3-12(17)10-18/h4-5,9,12H,1-3,6-8,10H2. The lowest BCUT2D eigenvalue weighted by atomic mass is 10.2. The van der Waals surface area contributed by atoms with Crippen LogP contribution in [0.15, 0.2) is 18.2 Å². The second-order valence-electron chi connectivity index (χ2n) is 5.23. The summed E-state index contributed by atoms with van der Waals surface area (Å²) in [6, 6.07) is 6.70. The smallest absolute Gasteiger partial charge is 0.0612 e. The van der Waals surface area contributed by atoms with Crippen LogP contribution in [0.2, 0.25) is 10.0 Å². The van der Waals surface area contributed by atoms with Gasteiger partial charge in [-0.15, -0.1) is 0 Å². The molecule has 18 heavy (non-hydrogen) atoms. The first kappa shape index (κ1) is 12.6. The number of rotatable bonds is 1. The number of nitrogens with zero attached hydrogens (tertiary/aromatic N) is 2. The molecule has 0 bridgehead atoms. The number of halogens is 2. The Hall–Kier alpha value is -0.440. The van der Waals surface area contributed by atoms with Crippen LogP contribution in [0.3, 0.4) is 0 Å². The van der Waals surface area contributed by atoms with E-state index in [1.807, 2.05) is 12.1 Å². The van der Waals surface area contributed by atoms with Gasteiger partial charge in [0.15, 0.2) is 0 Å². The molecule has 0 radical (unpaired) electrons. The molecule has 4 heteroatoms. The van der Waals surface area contributed by atoms with Gasteiger partial charge in [0.2, 0.25) is 0 Å². The average molecular weight is 285 g/mol. The van der Waals surface area contributed by atoms with E-state index in [1.165, 1.54) is 38.0 Å². The van der Waals surface area contributed by atoms with Crippen molar-refractivity contribution in [3.63, 3.8) is 0 Å². The van der Waals surface area contributed by atoms with E-state index in [9.17, 15) is 0 Å². The van der Waals surface area contributed by atoms with Gasteiger partial charge in [-0.05, 0) is 44.0 Å². The van der Waals surface area contributed by atoms with Gasteiger partial charge in [-0.25, -0.2) is 0 Å². The number of benzene rings is 1. The van der Waals surface area contributed by atoms with Crippen LogP contribution in [0.25, 0.3) is 0 Å². The minimum absolute atomic E-state index is 0.637. The Morgan fingerprint density at radius 2 is 1.83 bits per heavy atom. The zero-order chi connectivity index (χ0) is 12.5. The zero-order valence-electron chi connectivity index (χ0n) is 10.4. The van der Waals surface area contributed by atoms with Gasteiger partial charge in [-0.2, -0.15) is 0 Å². The quantitative estimate of drug-likeness (QED) is 0.777. The van der Waals surface area contributed by atoms with E-state index in [4.69, 9.17) is 23.2 Å². The van der Waals surface area contributed by atoms with E-state index < -0.39 is 0 Å². The number of fused-ring (bicyclic) bond motifs is 1. The van der Waals surface area contributed by atoms with Crippen molar-refractivity contribution in [2.24, 2.45) is 0 Å². The van der Waals surface area contributed by atoms with Crippen molar-refractivity contribution in [1.29, 1.82) is 0 Å². The number of hydrogen-bond acceptors (Lipinski definition) is 2. The third-order valence-electron chi connectivity index (χ3n) is 4.07. The predicted molar refractivity (Wildman–Crippen MR) is 77.9 cm³/mol. The Morgan fingerprint density at radius 3 is 2.67 bits per heavy atom. The third kappa shape index (κ3) is 2.47. The molecule has 0 amide bonds. The maximum Gasteiger partial charge on any atom is 0.0612 e. The van der Waals surface area contributed by atoms with Crippen molar-refractivity contribution in [2.45, 2.75) is 25.3 Å². The Morgan fingerprint density at radius 1 is 1.00 bits per heavy atom. The SMILES string of the molecule is Clc1ccc(N2CCCN3CCCC3C2)cc1Cl. The first-order chi connectivity index (χ1) is 8.74. The van der Waals surface area contributed by atoms with E-state index in [1.54, 1.807) is 0 Å². The fraction of sp³-hybridized carbons (Fsp3) is 0.571. The van der Waals surface area contributed by atoms with Crippen LogP contribution in [0.4, 0.5) is 5.69 Å². The second kappa shape index (κ2) is 5.28. The highest BCUT2D eigenvalue weighted by atomic mass is 35.5. The highest BCUT2D eigenvalue weighted by Gasteiger charge is 2.28. The molecule has 0 aromatic heterocycles. The van der Waals surface area contributed by atoms with Gasteiger partial charge in [-0.3, -0.25) is 4.90 Å². The minimum Gasteiger partial charge on any atom is -0.370 e. The Balaban J connectivity index is 1.80. The van der Waals surface area contributed by atoms with Crippen LogP contribution < -0.4 is 4.90 Å². The van der Waals surface area contributed by atoms with Crippen LogP contribution in [-0.4, -0.2) is 37.1 Å². The summed E-state index contributed by atoms with van der Waals surface area (Å²) in [6.45, 7) is 4.76. The van der Waals surface area contributed by atoms with Gasteiger partial charge in [0.05, 0.1) is 10.0 Å². The van der Waals surface area contributed by atoms with Gasteiger partial charge in [-0.1, -0.05) is 23.2 Å². The molecule has 1 aromatic carbocycles. The van der Waals surface area contributed by atoms with Crippen LogP contribution in [-0.2, 0) is 0 Å². The summed E-state index contributed by atoms with van der Waals surface area (Å²) >= 11 is 12.1. The molecule has 2 nitrogen and oxygen atoms in total. The van der Waals surface area contributed by atoms with Crippen molar-refractivity contribution in [1.82, 2.24) is 4.90 Å². The van der Waals surface area contributed by atoms with Gasteiger partial charge >= 0.3 is 0 Å². The van der Waals surface area contributed by atoms with Crippen molar-refractivity contribution < 1.29 is 0 Å². The molecule has 1 aromatic rings. The van der Waals surface area contributed by atoms with E-state index in [0.29, 0.717) is 10.0 Å². The molecule has 0 spiro atoms. The minimum atomic E-state index is 0.637. The van der Waals surface area contributed by atoms with Crippen molar-refractivity contribution >= 4 is 28.9 Å². The Labute approximate surface area is 118 Å². The van der Waals surface area contributed by atoms with Crippen LogP contribution in [0.5, 0.6) is 0 Å². The van der Waals surface area contributed by atoms with Gasteiger partial charge in [0.25, 0.3) is 0 Å². The number of hydrogen-bond donors (Lipinski definition) is 0. The molecular formula is C14H18Cl2N2. The highest BCUT2D eigenvalue weighted by Crippen LogP contribution is 2.30.